The second-order valence-corrected chi connectivity index (χ2v) is 5.40. The van der Waals surface area contributed by atoms with E-state index in [1.54, 1.807) is 12.1 Å². The topological polar surface area (TPSA) is 26.3 Å². The maximum atomic E-state index is 13.2. The van der Waals surface area contributed by atoms with Crippen LogP contribution in [0.15, 0.2) is 40.9 Å². The van der Waals surface area contributed by atoms with Gasteiger partial charge in [-0.1, -0.05) is 6.07 Å². The molecule has 0 spiro atoms. The van der Waals surface area contributed by atoms with Crippen molar-refractivity contribution < 1.29 is 18.3 Å². The van der Waals surface area contributed by atoms with Gasteiger partial charge in [-0.05, 0) is 45.8 Å². The Morgan fingerprint density at radius 1 is 1.15 bits per heavy atom. The third-order valence-corrected chi connectivity index (χ3v) is 3.81. The summed E-state index contributed by atoms with van der Waals surface area (Å²) in [5.41, 5.74) is 1.05. The van der Waals surface area contributed by atoms with Crippen molar-refractivity contribution in [1.29, 1.82) is 0 Å². The molecule has 0 bridgehead atoms. The Labute approximate surface area is 122 Å². The maximum absolute atomic E-state index is 13.2. The van der Waals surface area contributed by atoms with Crippen LogP contribution in [0, 0.1) is 11.6 Å². The molecule has 1 unspecified atom stereocenters. The summed E-state index contributed by atoms with van der Waals surface area (Å²) >= 11 is 3.10. The molecule has 1 aliphatic heterocycles. The van der Waals surface area contributed by atoms with Crippen molar-refractivity contribution in [1.82, 2.24) is 0 Å². The summed E-state index contributed by atoms with van der Waals surface area (Å²) in [6, 6.07) is 8.27. The molecule has 0 aromatic heterocycles. The van der Waals surface area contributed by atoms with E-state index in [9.17, 15) is 13.6 Å². The Kier molecular flexibility index (Phi) is 3.30. The molecular weight excluding hydrogens is 330 g/mol. The van der Waals surface area contributed by atoms with Gasteiger partial charge in [-0.25, -0.2) is 8.78 Å². The predicted molar refractivity (Wildman–Crippen MR) is 72.8 cm³/mol. The number of Topliss-reactive ketones (excluding diaryl/α,β-unsaturated/α-hetero) is 1. The molecule has 0 saturated heterocycles. The molecule has 0 aliphatic carbocycles. The lowest BCUT2D eigenvalue weighted by molar-refractivity contribution is 0.0849. The van der Waals surface area contributed by atoms with Crippen molar-refractivity contribution in [3.05, 3.63) is 63.6 Å². The van der Waals surface area contributed by atoms with Gasteiger partial charge in [-0.3, -0.25) is 4.79 Å². The second-order valence-electron chi connectivity index (χ2n) is 4.55. The van der Waals surface area contributed by atoms with Gasteiger partial charge in [0, 0.05) is 6.07 Å². The van der Waals surface area contributed by atoms with Crippen LogP contribution < -0.4 is 4.74 Å². The summed E-state index contributed by atoms with van der Waals surface area (Å²) in [4.78, 5) is 12.0. The second kappa shape index (κ2) is 4.98. The zero-order valence-electron chi connectivity index (χ0n) is 10.2. The molecule has 1 aliphatic rings. The molecule has 0 amide bonds. The predicted octanol–water partition coefficient (Wildman–Crippen LogP) is 4.43. The van der Waals surface area contributed by atoms with Crippen LogP contribution in [0.25, 0.3) is 0 Å². The summed E-state index contributed by atoms with van der Waals surface area (Å²) in [5.74, 6) is -0.733. The van der Waals surface area contributed by atoms with Crippen LogP contribution in [0.1, 0.15) is 28.4 Å². The quantitative estimate of drug-likeness (QED) is 0.768. The number of hydrogen-bond acceptors (Lipinski definition) is 2. The molecule has 0 N–H and O–H groups in total. The SMILES string of the molecule is O=C1CC(c2ccc(F)c(Br)c2)Oc2cc(F)ccc21. The average Bonchev–Trinajstić information content (AvgIpc) is 2.41. The molecule has 0 saturated carbocycles. The minimum atomic E-state index is -0.534. The Morgan fingerprint density at radius 3 is 2.70 bits per heavy atom. The number of carbonyl (C=O) groups excluding carboxylic acids is 1. The molecule has 1 heterocycles. The van der Waals surface area contributed by atoms with Gasteiger partial charge in [-0.2, -0.15) is 0 Å². The molecule has 5 heteroatoms. The van der Waals surface area contributed by atoms with E-state index in [0.717, 1.165) is 0 Å². The lowest BCUT2D eigenvalue weighted by atomic mass is 9.96. The number of benzene rings is 2. The molecular formula is C15H9BrF2O2. The van der Waals surface area contributed by atoms with E-state index in [4.69, 9.17) is 4.74 Å². The van der Waals surface area contributed by atoms with E-state index in [-0.39, 0.29) is 23.8 Å². The first-order valence-electron chi connectivity index (χ1n) is 5.99. The standard InChI is InChI=1S/C15H9BrF2O2/c16-11-5-8(1-4-12(11)18)14-7-13(19)10-3-2-9(17)6-15(10)20-14/h1-6,14H,7H2. The molecule has 3 rings (SSSR count). The molecule has 2 nitrogen and oxygen atoms in total. The first kappa shape index (κ1) is 13.2. The molecule has 102 valence electrons. The largest absolute Gasteiger partial charge is 0.484 e. The minimum absolute atomic E-state index is 0.114. The Balaban J connectivity index is 1.98. The lowest BCUT2D eigenvalue weighted by Gasteiger charge is -2.25. The summed E-state index contributed by atoms with van der Waals surface area (Å²) < 4.78 is 32.4. The van der Waals surface area contributed by atoms with Gasteiger partial charge in [0.15, 0.2) is 5.78 Å². The van der Waals surface area contributed by atoms with Gasteiger partial charge in [0.05, 0.1) is 16.5 Å². The fraction of sp³-hybridized carbons (Fsp3) is 0.133. The molecule has 0 radical (unpaired) electrons. The zero-order chi connectivity index (χ0) is 14.3. The number of rotatable bonds is 1. The van der Waals surface area contributed by atoms with Gasteiger partial charge in [0.1, 0.15) is 23.5 Å². The van der Waals surface area contributed by atoms with Crippen molar-refractivity contribution in [2.75, 3.05) is 0 Å². The first-order chi connectivity index (χ1) is 9.54. The van der Waals surface area contributed by atoms with Crippen molar-refractivity contribution >= 4 is 21.7 Å². The third kappa shape index (κ3) is 2.33. The normalized spacial score (nSPS) is 17.6. The average molecular weight is 339 g/mol. The number of hydrogen-bond donors (Lipinski definition) is 0. The van der Waals surface area contributed by atoms with Gasteiger partial charge in [-0.15, -0.1) is 0 Å². The van der Waals surface area contributed by atoms with E-state index in [1.807, 2.05) is 0 Å². The van der Waals surface area contributed by atoms with Crippen LogP contribution in [0.5, 0.6) is 5.75 Å². The number of fused-ring (bicyclic) bond motifs is 1. The Bertz CT molecular complexity index is 700. The summed E-state index contributed by atoms with van der Waals surface area (Å²) in [6.45, 7) is 0. The highest BCUT2D eigenvalue weighted by atomic mass is 79.9. The molecule has 2 aromatic rings. The summed E-state index contributed by atoms with van der Waals surface area (Å²) in [6.07, 6.45) is -0.384. The van der Waals surface area contributed by atoms with Crippen LogP contribution in [-0.2, 0) is 0 Å². The summed E-state index contributed by atoms with van der Waals surface area (Å²) in [7, 11) is 0. The number of carbonyl (C=O) groups is 1. The van der Waals surface area contributed by atoms with E-state index in [0.29, 0.717) is 15.6 Å². The van der Waals surface area contributed by atoms with Gasteiger partial charge >= 0.3 is 0 Å². The van der Waals surface area contributed by atoms with Crippen LogP contribution in [0.3, 0.4) is 0 Å². The first-order valence-corrected chi connectivity index (χ1v) is 6.78. The lowest BCUT2D eigenvalue weighted by Crippen LogP contribution is -2.20. The smallest absolute Gasteiger partial charge is 0.170 e. The van der Waals surface area contributed by atoms with Gasteiger partial charge in [0.2, 0.25) is 0 Å². The van der Waals surface area contributed by atoms with Crippen LogP contribution in [0.4, 0.5) is 8.78 Å². The highest BCUT2D eigenvalue weighted by Gasteiger charge is 2.28. The molecule has 1 atom stereocenters. The van der Waals surface area contributed by atoms with Gasteiger partial charge in [0.25, 0.3) is 0 Å². The van der Waals surface area contributed by atoms with E-state index in [1.165, 1.54) is 24.3 Å². The number of ether oxygens (including phenoxy) is 1. The fourth-order valence-corrected chi connectivity index (χ4v) is 2.59. The van der Waals surface area contributed by atoms with Crippen LogP contribution in [0.2, 0.25) is 0 Å². The molecule has 2 aromatic carbocycles. The van der Waals surface area contributed by atoms with Crippen molar-refractivity contribution in [3.8, 4) is 5.75 Å². The van der Waals surface area contributed by atoms with E-state index in [2.05, 4.69) is 15.9 Å². The number of ketones is 1. The summed E-state index contributed by atoms with van der Waals surface area (Å²) in [5, 5.41) is 0. The zero-order valence-corrected chi connectivity index (χ0v) is 11.8. The van der Waals surface area contributed by atoms with E-state index < -0.39 is 11.9 Å². The third-order valence-electron chi connectivity index (χ3n) is 3.20. The van der Waals surface area contributed by atoms with Crippen molar-refractivity contribution in [3.63, 3.8) is 0 Å². The highest BCUT2D eigenvalue weighted by Crippen LogP contribution is 2.36. The Hall–Kier alpha value is -1.75. The van der Waals surface area contributed by atoms with Crippen LogP contribution in [-0.4, -0.2) is 5.78 Å². The van der Waals surface area contributed by atoms with Crippen molar-refractivity contribution in [2.24, 2.45) is 0 Å². The number of halogens is 3. The molecule has 20 heavy (non-hydrogen) atoms. The molecule has 0 fully saturated rings. The minimum Gasteiger partial charge on any atom is -0.484 e. The van der Waals surface area contributed by atoms with Crippen molar-refractivity contribution in [2.45, 2.75) is 12.5 Å². The van der Waals surface area contributed by atoms with Crippen LogP contribution >= 0.6 is 15.9 Å². The Morgan fingerprint density at radius 2 is 1.95 bits per heavy atom. The maximum Gasteiger partial charge on any atom is 0.170 e. The highest BCUT2D eigenvalue weighted by molar-refractivity contribution is 9.10. The van der Waals surface area contributed by atoms with E-state index >= 15 is 0 Å². The monoisotopic (exact) mass is 338 g/mol. The fourth-order valence-electron chi connectivity index (χ4n) is 2.20. The van der Waals surface area contributed by atoms with Gasteiger partial charge < -0.3 is 4.74 Å².